The molecule has 1 atom stereocenters. The second-order valence-corrected chi connectivity index (χ2v) is 4.90. The van der Waals surface area contributed by atoms with Crippen LogP contribution >= 0.6 is 0 Å². The van der Waals surface area contributed by atoms with E-state index in [9.17, 15) is 0 Å². The van der Waals surface area contributed by atoms with E-state index < -0.39 is 0 Å². The van der Waals surface area contributed by atoms with Crippen LogP contribution in [-0.4, -0.2) is 14.2 Å². The van der Waals surface area contributed by atoms with Crippen LogP contribution in [0, 0.1) is 6.92 Å². The number of aryl methyl sites for hydroxylation is 1. The van der Waals surface area contributed by atoms with Gasteiger partial charge in [-0.2, -0.15) is 0 Å². The number of hydrogen-bond donors (Lipinski definition) is 1. The Morgan fingerprint density at radius 2 is 1.70 bits per heavy atom. The van der Waals surface area contributed by atoms with Crippen LogP contribution in [0.5, 0.6) is 11.5 Å². The van der Waals surface area contributed by atoms with Crippen molar-refractivity contribution in [2.24, 2.45) is 5.73 Å². The molecule has 0 aliphatic carbocycles. The highest BCUT2D eigenvalue weighted by Gasteiger charge is 2.13. The SMILES string of the molecule is COc1ccc(C(N)Cc2ccc(C)cc2)c(OC)c1. The molecule has 2 rings (SSSR count). The van der Waals surface area contributed by atoms with Crippen LogP contribution in [-0.2, 0) is 6.42 Å². The van der Waals surface area contributed by atoms with E-state index in [1.165, 1.54) is 11.1 Å². The Kier molecular flexibility index (Phi) is 4.64. The van der Waals surface area contributed by atoms with E-state index >= 15 is 0 Å². The van der Waals surface area contributed by atoms with Crippen LogP contribution in [0.15, 0.2) is 42.5 Å². The molecule has 0 amide bonds. The van der Waals surface area contributed by atoms with Crippen molar-refractivity contribution in [2.75, 3.05) is 14.2 Å². The third kappa shape index (κ3) is 3.31. The summed E-state index contributed by atoms with van der Waals surface area (Å²) in [6.07, 6.45) is 0.781. The van der Waals surface area contributed by atoms with Crippen LogP contribution in [0.25, 0.3) is 0 Å². The van der Waals surface area contributed by atoms with E-state index in [0.717, 1.165) is 23.5 Å². The van der Waals surface area contributed by atoms with Crippen molar-refractivity contribution in [3.8, 4) is 11.5 Å². The fourth-order valence-electron chi connectivity index (χ4n) is 2.21. The zero-order valence-corrected chi connectivity index (χ0v) is 12.2. The van der Waals surface area contributed by atoms with E-state index in [0.29, 0.717) is 0 Å². The van der Waals surface area contributed by atoms with Gasteiger partial charge in [-0.25, -0.2) is 0 Å². The first kappa shape index (κ1) is 14.4. The standard InChI is InChI=1S/C17H21NO2/c1-12-4-6-13(7-5-12)10-16(18)15-9-8-14(19-2)11-17(15)20-3/h4-9,11,16H,10,18H2,1-3H3. The van der Waals surface area contributed by atoms with Gasteiger partial charge in [0.05, 0.1) is 14.2 Å². The highest BCUT2D eigenvalue weighted by molar-refractivity contribution is 5.43. The molecule has 0 spiro atoms. The topological polar surface area (TPSA) is 44.5 Å². The zero-order chi connectivity index (χ0) is 14.5. The molecule has 0 saturated heterocycles. The zero-order valence-electron chi connectivity index (χ0n) is 12.2. The highest BCUT2D eigenvalue weighted by Crippen LogP contribution is 2.30. The van der Waals surface area contributed by atoms with Crippen LogP contribution in [0.4, 0.5) is 0 Å². The Hall–Kier alpha value is -2.00. The molecule has 2 aromatic carbocycles. The van der Waals surface area contributed by atoms with Crippen molar-refractivity contribution in [2.45, 2.75) is 19.4 Å². The van der Waals surface area contributed by atoms with Crippen molar-refractivity contribution in [3.05, 3.63) is 59.2 Å². The minimum atomic E-state index is -0.0986. The molecule has 0 heterocycles. The molecule has 3 nitrogen and oxygen atoms in total. The number of nitrogens with two attached hydrogens (primary N) is 1. The van der Waals surface area contributed by atoms with E-state index in [2.05, 4.69) is 31.2 Å². The van der Waals surface area contributed by atoms with Crippen LogP contribution in [0.2, 0.25) is 0 Å². The average molecular weight is 271 g/mol. The van der Waals surface area contributed by atoms with Gasteiger partial charge in [0.1, 0.15) is 11.5 Å². The van der Waals surface area contributed by atoms with Gasteiger partial charge in [-0.05, 0) is 25.0 Å². The van der Waals surface area contributed by atoms with Gasteiger partial charge in [0.25, 0.3) is 0 Å². The molecule has 0 saturated carbocycles. The summed E-state index contributed by atoms with van der Waals surface area (Å²) >= 11 is 0. The summed E-state index contributed by atoms with van der Waals surface area (Å²) in [6.45, 7) is 2.08. The van der Waals surface area contributed by atoms with E-state index in [1.54, 1.807) is 14.2 Å². The molecule has 106 valence electrons. The first-order valence-electron chi connectivity index (χ1n) is 6.67. The summed E-state index contributed by atoms with van der Waals surface area (Å²) in [7, 11) is 3.29. The monoisotopic (exact) mass is 271 g/mol. The van der Waals surface area contributed by atoms with Crippen LogP contribution in [0.3, 0.4) is 0 Å². The predicted molar refractivity (Wildman–Crippen MR) is 81.4 cm³/mol. The van der Waals surface area contributed by atoms with Gasteiger partial charge in [-0.1, -0.05) is 35.9 Å². The lowest BCUT2D eigenvalue weighted by Crippen LogP contribution is -2.14. The van der Waals surface area contributed by atoms with Crippen LogP contribution in [0.1, 0.15) is 22.7 Å². The van der Waals surface area contributed by atoms with Crippen molar-refractivity contribution >= 4 is 0 Å². The molecule has 1 unspecified atom stereocenters. The first-order valence-corrected chi connectivity index (χ1v) is 6.67. The predicted octanol–water partition coefficient (Wildman–Crippen LogP) is 3.25. The second-order valence-electron chi connectivity index (χ2n) is 4.90. The summed E-state index contributed by atoms with van der Waals surface area (Å²) in [4.78, 5) is 0. The first-order chi connectivity index (χ1) is 9.63. The van der Waals surface area contributed by atoms with Gasteiger partial charge in [0.15, 0.2) is 0 Å². The summed E-state index contributed by atoms with van der Waals surface area (Å²) in [5.74, 6) is 1.54. The number of benzene rings is 2. The average Bonchev–Trinajstić information content (AvgIpc) is 2.48. The smallest absolute Gasteiger partial charge is 0.127 e. The maximum absolute atomic E-state index is 6.31. The van der Waals surface area contributed by atoms with Crippen molar-refractivity contribution in [3.63, 3.8) is 0 Å². The Morgan fingerprint density at radius 3 is 2.30 bits per heavy atom. The largest absolute Gasteiger partial charge is 0.497 e. The molecule has 0 aliphatic rings. The Morgan fingerprint density at radius 1 is 1.00 bits per heavy atom. The maximum Gasteiger partial charge on any atom is 0.127 e. The summed E-state index contributed by atoms with van der Waals surface area (Å²) < 4.78 is 10.6. The summed E-state index contributed by atoms with van der Waals surface area (Å²) in [5, 5.41) is 0. The number of methoxy groups -OCH3 is 2. The van der Waals surface area contributed by atoms with Gasteiger partial charge in [-0.15, -0.1) is 0 Å². The van der Waals surface area contributed by atoms with Gasteiger partial charge >= 0.3 is 0 Å². The van der Waals surface area contributed by atoms with Crippen molar-refractivity contribution in [1.82, 2.24) is 0 Å². The fraction of sp³-hybridized carbons (Fsp3) is 0.294. The lowest BCUT2D eigenvalue weighted by Gasteiger charge is -2.17. The molecule has 3 heteroatoms. The van der Waals surface area contributed by atoms with Crippen molar-refractivity contribution < 1.29 is 9.47 Å². The Balaban J connectivity index is 2.20. The van der Waals surface area contributed by atoms with Gasteiger partial charge in [0, 0.05) is 17.7 Å². The van der Waals surface area contributed by atoms with Gasteiger partial charge in [-0.3, -0.25) is 0 Å². The molecule has 0 fully saturated rings. The Labute approximate surface area is 120 Å². The highest BCUT2D eigenvalue weighted by atomic mass is 16.5. The Bertz CT molecular complexity index is 564. The summed E-state index contributed by atoms with van der Waals surface area (Å²) in [6, 6.07) is 14.1. The number of hydrogen-bond acceptors (Lipinski definition) is 3. The normalized spacial score (nSPS) is 12.0. The van der Waals surface area contributed by atoms with E-state index in [-0.39, 0.29) is 6.04 Å². The second kappa shape index (κ2) is 6.44. The van der Waals surface area contributed by atoms with E-state index in [4.69, 9.17) is 15.2 Å². The molecular formula is C17H21NO2. The van der Waals surface area contributed by atoms with Gasteiger partial charge in [0.2, 0.25) is 0 Å². The third-order valence-corrected chi connectivity index (χ3v) is 3.42. The molecule has 0 bridgehead atoms. The quantitative estimate of drug-likeness (QED) is 0.908. The summed E-state index contributed by atoms with van der Waals surface area (Å²) in [5.41, 5.74) is 9.78. The molecule has 0 radical (unpaired) electrons. The third-order valence-electron chi connectivity index (χ3n) is 3.42. The molecular weight excluding hydrogens is 250 g/mol. The lowest BCUT2D eigenvalue weighted by atomic mass is 9.98. The molecule has 0 aromatic heterocycles. The maximum atomic E-state index is 6.31. The number of ether oxygens (including phenoxy) is 2. The van der Waals surface area contributed by atoms with E-state index in [1.807, 2.05) is 18.2 Å². The number of rotatable bonds is 5. The molecule has 2 aromatic rings. The van der Waals surface area contributed by atoms with Crippen LogP contribution < -0.4 is 15.2 Å². The lowest BCUT2D eigenvalue weighted by molar-refractivity contribution is 0.388. The molecule has 20 heavy (non-hydrogen) atoms. The minimum Gasteiger partial charge on any atom is -0.497 e. The molecule has 2 N–H and O–H groups in total. The van der Waals surface area contributed by atoms with Crippen molar-refractivity contribution in [1.29, 1.82) is 0 Å². The van der Waals surface area contributed by atoms with Gasteiger partial charge < -0.3 is 15.2 Å². The minimum absolute atomic E-state index is 0.0986. The molecule has 0 aliphatic heterocycles. The fourth-order valence-corrected chi connectivity index (χ4v) is 2.21.